The van der Waals surface area contributed by atoms with Crippen LogP contribution in [0.15, 0.2) is 65.0 Å². The minimum absolute atomic E-state index is 0.0685. The zero-order chi connectivity index (χ0) is 19.3. The normalized spacial score (nSPS) is 10.8. The second kappa shape index (κ2) is 8.64. The number of aromatic nitrogens is 3. The predicted molar refractivity (Wildman–Crippen MR) is 117 cm³/mol. The molecule has 5 nitrogen and oxygen atoms in total. The summed E-state index contributed by atoms with van der Waals surface area (Å²) in [5.74, 6) is 0.214. The molecule has 0 saturated heterocycles. The van der Waals surface area contributed by atoms with Crippen LogP contribution in [0.3, 0.4) is 0 Å². The molecule has 0 fully saturated rings. The fourth-order valence-corrected chi connectivity index (χ4v) is 4.96. The fourth-order valence-electron chi connectivity index (χ4n) is 2.52. The number of nitrogens with one attached hydrogen (secondary N) is 1. The van der Waals surface area contributed by atoms with E-state index in [-0.39, 0.29) is 11.7 Å². The van der Waals surface area contributed by atoms with Crippen LogP contribution >= 0.6 is 34.4 Å². The van der Waals surface area contributed by atoms with E-state index < -0.39 is 0 Å². The number of thioether (sulfide) groups is 1. The topological polar surface area (TPSA) is 67.8 Å². The summed E-state index contributed by atoms with van der Waals surface area (Å²) in [6, 6.07) is 17.3. The van der Waals surface area contributed by atoms with Crippen molar-refractivity contribution < 1.29 is 4.79 Å². The highest BCUT2D eigenvalue weighted by atomic mass is 32.2. The minimum atomic E-state index is -0.0685. The van der Waals surface area contributed by atoms with Gasteiger partial charge in [-0.1, -0.05) is 36.0 Å². The quantitative estimate of drug-likeness (QED) is 0.422. The molecule has 0 saturated carbocycles. The predicted octanol–water partition coefficient (Wildman–Crippen LogP) is 5.37. The van der Waals surface area contributed by atoms with Crippen LogP contribution in [0.5, 0.6) is 0 Å². The molecule has 0 spiro atoms. The Morgan fingerprint density at radius 3 is 2.64 bits per heavy atom. The van der Waals surface area contributed by atoms with E-state index in [0.717, 1.165) is 31.8 Å². The van der Waals surface area contributed by atoms with Crippen molar-refractivity contribution in [2.24, 2.45) is 0 Å². The number of carbonyl (C=O) groups is 1. The van der Waals surface area contributed by atoms with Gasteiger partial charge >= 0.3 is 0 Å². The molecule has 0 aliphatic rings. The summed E-state index contributed by atoms with van der Waals surface area (Å²) >= 11 is 4.66. The number of thiazole rings is 1. The van der Waals surface area contributed by atoms with Gasteiger partial charge in [0.1, 0.15) is 15.7 Å². The van der Waals surface area contributed by atoms with Gasteiger partial charge in [-0.25, -0.2) is 4.98 Å². The summed E-state index contributed by atoms with van der Waals surface area (Å²) in [6.07, 6.45) is 0. The second-order valence-corrected chi connectivity index (χ2v) is 8.81. The van der Waals surface area contributed by atoms with Crippen LogP contribution < -0.4 is 5.32 Å². The number of rotatable bonds is 6. The zero-order valence-corrected chi connectivity index (χ0v) is 17.4. The van der Waals surface area contributed by atoms with Crippen LogP contribution in [0.4, 0.5) is 5.69 Å². The lowest BCUT2D eigenvalue weighted by Crippen LogP contribution is -2.13. The van der Waals surface area contributed by atoms with Gasteiger partial charge in [0.05, 0.1) is 21.2 Å². The number of anilines is 1. The van der Waals surface area contributed by atoms with Gasteiger partial charge in [0.15, 0.2) is 0 Å². The molecule has 0 unspecified atom stereocenters. The van der Waals surface area contributed by atoms with Gasteiger partial charge in [0.2, 0.25) is 5.91 Å². The Morgan fingerprint density at radius 2 is 1.93 bits per heavy atom. The van der Waals surface area contributed by atoms with Crippen molar-refractivity contribution in [1.82, 2.24) is 15.2 Å². The number of hydrogen-bond acceptors (Lipinski definition) is 7. The molecule has 3 aromatic heterocycles. The van der Waals surface area contributed by atoms with Crippen molar-refractivity contribution in [3.8, 4) is 20.5 Å². The summed E-state index contributed by atoms with van der Waals surface area (Å²) < 4.78 is 0. The smallest absolute Gasteiger partial charge is 0.234 e. The number of carbonyl (C=O) groups excluding carboxylic acids is 1. The zero-order valence-electron chi connectivity index (χ0n) is 15.0. The Hall–Kier alpha value is -2.55. The van der Waals surface area contributed by atoms with Crippen LogP contribution in [0.25, 0.3) is 20.5 Å². The first-order valence-electron chi connectivity index (χ1n) is 8.52. The molecule has 4 aromatic rings. The first-order valence-corrected chi connectivity index (χ1v) is 11.2. The van der Waals surface area contributed by atoms with Crippen molar-refractivity contribution in [3.63, 3.8) is 0 Å². The highest BCUT2D eigenvalue weighted by molar-refractivity contribution is 7.99. The average Bonchev–Trinajstić information content (AvgIpc) is 3.37. The van der Waals surface area contributed by atoms with Crippen molar-refractivity contribution in [2.45, 2.75) is 11.9 Å². The van der Waals surface area contributed by atoms with Crippen LogP contribution in [0, 0.1) is 6.92 Å². The van der Waals surface area contributed by atoms with E-state index in [1.165, 1.54) is 11.8 Å². The third kappa shape index (κ3) is 4.46. The first-order chi connectivity index (χ1) is 13.7. The summed E-state index contributed by atoms with van der Waals surface area (Å²) in [5.41, 5.74) is 2.54. The molecular formula is C20H16N4OS3. The van der Waals surface area contributed by atoms with Crippen LogP contribution in [0.1, 0.15) is 5.69 Å². The number of benzene rings is 1. The number of para-hydroxylation sites is 1. The van der Waals surface area contributed by atoms with E-state index in [0.29, 0.717) is 5.03 Å². The van der Waals surface area contributed by atoms with Gasteiger partial charge in [0, 0.05) is 5.69 Å². The standard InChI is InChI=1S/C20H16N4OS3/c1-13-19(28-20(21-13)16-8-5-11-26-16)15-9-10-18(24-23-15)27-12-17(25)22-14-6-3-2-4-7-14/h2-11H,12H2,1H3,(H,22,25). The SMILES string of the molecule is Cc1nc(-c2cccs2)sc1-c1ccc(SCC(=O)Nc2ccccc2)nn1. The molecule has 0 atom stereocenters. The Balaban J connectivity index is 1.40. The maximum absolute atomic E-state index is 12.0. The monoisotopic (exact) mass is 424 g/mol. The van der Waals surface area contributed by atoms with E-state index in [1.54, 1.807) is 22.7 Å². The van der Waals surface area contributed by atoms with Crippen molar-refractivity contribution in [2.75, 3.05) is 11.1 Å². The summed E-state index contributed by atoms with van der Waals surface area (Å²) in [6.45, 7) is 1.99. The molecule has 0 bridgehead atoms. The van der Waals surface area contributed by atoms with E-state index in [9.17, 15) is 4.79 Å². The number of hydrogen-bond donors (Lipinski definition) is 1. The Morgan fingerprint density at radius 1 is 1.07 bits per heavy atom. The van der Waals surface area contributed by atoms with E-state index in [4.69, 9.17) is 0 Å². The second-order valence-electron chi connectivity index (χ2n) is 5.87. The van der Waals surface area contributed by atoms with Crippen molar-refractivity contribution in [3.05, 3.63) is 65.7 Å². The molecule has 1 amide bonds. The highest BCUT2D eigenvalue weighted by Gasteiger charge is 2.14. The van der Waals surface area contributed by atoms with Gasteiger partial charge < -0.3 is 5.32 Å². The third-order valence-electron chi connectivity index (χ3n) is 3.81. The molecule has 0 aliphatic carbocycles. The van der Waals surface area contributed by atoms with Gasteiger partial charge in [-0.3, -0.25) is 4.79 Å². The maximum Gasteiger partial charge on any atom is 0.234 e. The summed E-state index contributed by atoms with van der Waals surface area (Å²) in [5, 5.41) is 15.2. The van der Waals surface area contributed by atoms with Gasteiger partial charge in [-0.2, -0.15) is 0 Å². The highest BCUT2D eigenvalue weighted by Crippen LogP contribution is 2.36. The lowest BCUT2D eigenvalue weighted by molar-refractivity contribution is -0.113. The number of aryl methyl sites for hydroxylation is 1. The average molecular weight is 425 g/mol. The fraction of sp³-hybridized carbons (Fsp3) is 0.100. The summed E-state index contributed by atoms with van der Waals surface area (Å²) in [4.78, 5) is 18.9. The third-order valence-corrected chi connectivity index (χ3v) is 6.95. The molecular weight excluding hydrogens is 408 g/mol. The molecule has 3 heterocycles. The number of amides is 1. The van der Waals surface area contributed by atoms with E-state index in [2.05, 4.69) is 26.6 Å². The molecule has 1 N–H and O–H groups in total. The minimum Gasteiger partial charge on any atom is -0.325 e. The Bertz CT molecular complexity index is 1060. The van der Waals surface area contributed by atoms with Gasteiger partial charge in [-0.05, 0) is 42.6 Å². The van der Waals surface area contributed by atoms with Gasteiger partial charge in [0.25, 0.3) is 0 Å². The Labute approximate surface area is 174 Å². The first kappa shape index (κ1) is 18.8. The number of nitrogens with zero attached hydrogens (tertiary/aromatic N) is 3. The molecule has 0 radical (unpaired) electrons. The molecule has 0 aliphatic heterocycles. The Kier molecular flexibility index (Phi) is 5.80. The van der Waals surface area contributed by atoms with Gasteiger partial charge in [-0.15, -0.1) is 32.9 Å². The van der Waals surface area contributed by atoms with Crippen molar-refractivity contribution in [1.29, 1.82) is 0 Å². The largest absolute Gasteiger partial charge is 0.325 e. The van der Waals surface area contributed by atoms with E-state index in [1.807, 2.05) is 60.8 Å². The molecule has 8 heteroatoms. The maximum atomic E-state index is 12.0. The molecule has 4 rings (SSSR count). The van der Waals surface area contributed by atoms with Crippen LogP contribution in [-0.4, -0.2) is 26.8 Å². The molecule has 140 valence electrons. The molecule has 28 heavy (non-hydrogen) atoms. The van der Waals surface area contributed by atoms with Crippen LogP contribution in [0.2, 0.25) is 0 Å². The summed E-state index contributed by atoms with van der Waals surface area (Å²) in [7, 11) is 0. The van der Waals surface area contributed by atoms with E-state index >= 15 is 0 Å². The lowest BCUT2D eigenvalue weighted by atomic mass is 10.3. The van der Waals surface area contributed by atoms with Crippen molar-refractivity contribution >= 4 is 46.0 Å². The number of thiophene rings is 1. The lowest BCUT2D eigenvalue weighted by Gasteiger charge is -2.04. The van der Waals surface area contributed by atoms with Crippen LogP contribution in [-0.2, 0) is 4.79 Å². The molecule has 1 aromatic carbocycles.